The average Bonchev–Trinajstić information content (AvgIpc) is 2.69. The molecule has 1 saturated heterocycles. The number of hydrogen-bond donors (Lipinski definition) is 1. The van der Waals surface area contributed by atoms with Crippen LogP contribution in [0.3, 0.4) is 0 Å². The van der Waals surface area contributed by atoms with E-state index in [1.165, 1.54) is 28.5 Å². The predicted octanol–water partition coefficient (Wildman–Crippen LogP) is 2.01. The van der Waals surface area contributed by atoms with Crippen molar-refractivity contribution in [1.29, 1.82) is 0 Å². The zero-order valence-electron chi connectivity index (χ0n) is 14.2. The first-order valence-corrected chi connectivity index (χ1v) is 8.64. The van der Waals surface area contributed by atoms with Gasteiger partial charge in [0.2, 0.25) is 0 Å². The third-order valence-corrected chi connectivity index (χ3v) is 4.65. The maximum Gasteiger partial charge on any atom is 0.274 e. The first kappa shape index (κ1) is 16.5. The molecule has 1 amide bonds. The smallest absolute Gasteiger partial charge is 0.274 e. The van der Waals surface area contributed by atoms with Crippen molar-refractivity contribution in [3.05, 3.63) is 76.2 Å². The topological polar surface area (TPSA) is 75.3 Å². The second-order valence-electron chi connectivity index (χ2n) is 6.39. The third kappa shape index (κ3) is 3.36. The van der Waals surface area contributed by atoms with E-state index in [0.717, 1.165) is 6.42 Å². The van der Waals surface area contributed by atoms with Crippen LogP contribution in [0.25, 0.3) is 10.8 Å². The van der Waals surface area contributed by atoms with Gasteiger partial charge in [-0.1, -0.05) is 42.5 Å². The molecule has 1 aromatic heterocycles. The molecular weight excluding hydrogens is 330 g/mol. The predicted molar refractivity (Wildman–Crippen MR) is 98.2 cm³/mol. The third-order valence-electron chi connectivity index (χ3n) is 4.65. The highest BCUT2D eigenvalue weighted by Gasteiger charge is 2.26. The lowest BCUT2D eigenvalue weighted by atomic mass is 9.99. The van der Waals surface area contributed by atoms with Crippen molar-refractivity contribution in [3.63, 3.8) is 0 Å². The molecule has 0 radical (unpaired) electrons. The van der Waals surface area contributed by atoms with Crippen LogP contribution in [0.5, 0.6) is 0 Å². The van der Waals surface area contributed by atoms with E-state index < -0.39 is 0 Å². The number of carbonyl (C=O) groups is 1. The maximum atomic E-state index is 12.6. The minimum absolute atomic E-state index is 0.0683. The van der Waals surface area contributed by atoms with Gasteiger partial charge in [-0.25, -0.2) is 5.10 Å². The Labute approximate surface area is 150 Å². The van der Waals surface area contributed by atoms with Gasteiger partial charge in [0.05, 0.1) is 12.7 Å². The highest BCUT2D eigenvalue weighted by Crippen LogP contribution is 2.22. The van der Waals surface area contributed by atoms with Crippen LogP contribution in [0.4, 0.5) is 0 Å². The van der Waals surface area contributed by atoms with Gasteiger partial charge in [0.15, 0.2) is 0 Å². The van der Waals surface area contributed by atoms with E-state index in [9.17, 15) is 9.59 Å². The first-order valence-electron chi connectivity index (χ1n) is 8.64. The summed E-state index contributed by atoms with van der Waals surface area (Å²) in [6.07, 6.45) is 0.672. The van der Waals surface area contributed by atoms with Crippen LogP contribution in [-0.4, -0.2) is 46.8 Å². The molecule has 0 unspecified atom stereocenters. The molecule has 4 rings (SSSR count). The molecule has 26 heavy (non-hydrogen) atoms. The lowest BCUT2D eigenvalue weighted by molar-refractivity contribution is -0.0209. The van der Waals surface area contributed by atoms with E-state index >= 15 is 0 Å². The van der Waals surface area contributed by atoms with Crippen LogP contribution in [0.1, 0.15) is 16.1 Å². The second-order valence-corrected chi connectivity index (χ2v) is 6.39. The number of nitrogens with zero attached hydrogens (tertiary/aromatic N) is 2. The van der Waals surface area contributed by atoms with Gasteiger partial charge in [0.1, 0.15) is 5.69 Å². The first-order chi connectivity index (χ1) is 12.7. The quantitative estimate of drug-likeness (QED) is 0.785. The number of aromatic nitrogens is 2. The summed E-state index contributed by atoms with van der Waals surface area (Å²) >= 11 is 0. The molecule has 132 valence electrons. The monoisotopic (exact) mass is 349 g/mol. The molecule has 1 atom stereocenters. The Kier molecular flexibility index (Phi) is 4.50. The summed E-state index contributed by atoms with van der Waals surface area (Å²) in [7, 11) is 0. The van der Waals surface area contributed by atoms with Gasteiger partial charge in [-0.15, -0.1) is 0 Å². The van der Waals surface area contributed by atoms with Gasteiger partial charge in [0.25, 0.3) is 11.5 Å². The Hall–Kier alpha value is -2.99. The molecule has 3 aromatic rings. The minimum Gasteiger partial charge on any atom is -0.374 e. The van der Waals surface area contributed by atoms with Gasteiger partial charge >= 0.3 is 0 Å². The average molecular weight is 349 g/mol. The Morgan fingerprint density at radius 1 is 1.15 bits per heavy atom. The number of carbonyl (C=O) groups excluding carboxylic acids is 1. The number of nitrogens with one attached hydrogen (secondary N) is 1. The van der Waals surface area contributed by atoms with Crippen molar-refractivity contribution in [3.8, 4) is 0 Å². The molecular formula is C20H19N3O3. The van der Waals surface area contributed by atoms with Gasteiger partial charge in [-0.05, 0) is 22.4 Å². The molecule has 0 spiro atoms. The zero-order valence-corrected chi connectivity index (χ0v) is 14.2. The molecule has 1 N–H and O–H groups in total. The molecule has 6 heteroatoms. The molecule has 0 saturated carbocycles. The summed E-state index contributed by atoms with van der Waals surface area (Å²) in [5.41, 5.74) is 1.14. The molecule has 1 aliphatic heterocycles. The molecule has 1 fully saturated rings. The second kappa shape index (κ2) is 7.09. The fraction of sp³-hybridized carbons (Fsp3) is 0.250. The van der Waals surface area contributed by atoms with Crippen LogP contribution in [0.2, 0.25) is 0 Å². The molecule has 1 aliphatic rings. The van der Waals surface area contributed by atoms with Crippen LogP contribution < -0.4 is 5.56 Å². The maximum absolute atomic E-state index is 12.6. The van der Waals surface area contributed by atoms with Gasteiger partial charge in [-0.3, -0.25) is 9.59 Å². The van der Waals surface area contributed by atoms with Crippen molar-refractivity contribution in [1.82, 2.24) is 15.1 Å². The summed E-state index contributed by atoms with van der Waals surface area (Å²) < 4.78 is 5.89. The van der Waals surface area contributed by atoms with Crippen LogP contribution in [0.15, 0.2) is 59.4 Å². The Morgan fingerprint density at radius 3 is 2.85 bits per heavy atom. The summed E-state index contributed by atoms with van der Waals surface area (Å²) in [6.45, 7) is 1.51. The van der Waals surface area contributed by atoms with Crippen molar-refractivity contribution in [2.45, 2.75) is 12.5 Å². The number of morpholine rings is 1. The molecule has 6 nitrogen and oxygen atoms in total. The van der Waals surface area contributed by atoms with Gasteiger partial charge in [0, 0.05) is 25.6 Å². The number of H-pyrrole nitrogens is 1. The lowest BCUT2D eigenvalue weighted by Gasteiger charge is -2.33. The standard InChI is InChI=1S/C20H19N3O3/c24-19-9-8-18(21-22-19)20(25)23-10-11-26-16(13-23)12-15-6-3-5-14-4-1-2-7-17(14)15/h1-9,16H,10-13H2,(H,22,24)/t16-/m0/s1. The number of amides is 1. The number of aromatic amines is 1. The van der Waals surface area contributed by atoms with Crippen LogP contribution in [-0.2, 0) is 11.2 Å². The number of hydrogen-bond acceptors (Lipinski definition) is 4. The van der Waals surface area contributed by atoms with E-state index in [-0.39, 0.29) is 23.3 Å². The summed E-state index contributed by atoms with van der Waals surface area (Å²) in [5.74, 6) is -0.188. The van der Waals surface area contributed by atoms with E-state index in [1.807, 2.05) is 18.2 Å². The van der Waals surface area contributed by atoms with E-state index in [4.69, 9.17) is 4.74 Å². The number of ether oxygens (including phenoxy) is 1. The number of benzene rings is 2. The highest BCUT2D eigenvalue weighted by molar-refractivity contribution is 5.92. The van der Waals surface area contributed by atoms with Crippen molar-refractivity contribution < 1.29 is 9.53 Å². The normalized spacial score (nSPS) is 17.4. The number of rotatable bonds is 3. The Bertz CT molecular complexity index is 973. The molecule has 0 aliphatic carbocycles. The van der Waals surface area contributed by atoms with E-state index in [0.29, 0.717) is 19.7 Å². The van der Waals surface area contributed by atoms with Crippen molar-refractivity contribution >= 4 is 16.7 Å². The van der Waals surface area contributed by atoms with Crippen LogP contribution in [0, 0.1) is 0 Å². The fourth-order valence-electron chi connectivity index (χ4n) is 3.37. The molecule has 0 bridgehead atoms. The van der Waals surface area contributed by atoms with E-state index in [2.05, 4.69) is 34.5 Å². The molecule has 2 heterocycles. The number of fused-ring (bicyclic) bond motifs is 1. The zero-order chi connectivity index (χ0) is 17.9. The van der Waals surface area contributed by atoms with Gasteiger partial charge < -0.3 is 9.64 Å². The highest BCUT2D eigenvalue weighted by atomic mass is 16.5. The van der Waals surface area contributed by atoms with E-state index in [1.54, 1.807) is 4.90 Å². The van der Waals surface area contributed by atoms with Gasteiger partial charge in [-0.2, -0.15) is 5.10 Å². The summed E-state index contributed by atoms with van der Waals surface area (Å²) in [4.78, 5) is 25.5. The largest absolute Gasteiger partial charge is 0.374 e. The lowest BCUT2D eigenvalue weighted by Crippen LogP contribution is -2.46. The summed E-state index contributed by atoms with van der Waals surface area (Å²) in [6, 6.07) is 17.3. The van der Waals surface area contributed by atoms with Crippen molar-refractivity contribution in [2.75, 3.05) is 19.7 Å². The Morgan fingerprint density at radius 2 is 2.00 bits per heavy atom. The van der Waals surface area contributed by atoms with Crippen molar-refractivity contribution in [2.24, 2.45) is 0 Å². The summed E-state index contributed by atoms with van der Waals surface area (Å²) in [5, 5.41) is 8.55. The minimum atomic E-state index is -0.322. The molecule has 2 aromatic carbocycles. The fourth-order valence-corrected chi connectivity index (χ4v) is 3.37. The SMILES string of the molecule is O=C(c1ccc(=O)[nH]n1)N1CCO[C@@H](Cc2cccc3ccccc23)C1. The Balaban J connectivity index is 1.50. The van der Waals surface area contributed by atoms with Crippen LogP contribution >= 0.6 is 0 Å².